The van der Waals surface area contributed by atoms with Crippen LogP contribution in [-0.4, -0.2) is 30.8 Å². The molecule has 0 bridgehead atoms. The molecule has 0 aliphatic rings. The number of hydrogen-bond acceptors (Lipinski definition) is 3. The first-order valence-corrected chi connectivity index (χ1v) is 11.4. The minimum absolute atomic E-state index is 0.0760. The van der Waals surface area contributed by atoms with Crippen LogP contribution in [0.15, 0.2) is 48.5 Å². The summed E-state index contributed by atoms with van der Waals surface area (Å²) in [6, 6.07) is 5.27. The molecule has 0 aliphatic carbocycles. The van der Waals surface area contributed by atoms with E-state index >= 15 is 4.39 Å². The highest BCUT2D eigenvalue weighted by atomic mass is 35.5. The number of halogens is 12. The van der Waals surface area contributed by atoms with Crippen LogP contribution in [0.25, 0.3) is 0 Å². The Balaban J connectivity index is 2.01. The van der Waals surface area contributed by atoms with Gasteiger partial charge in [0.25, 0.3) is 11.8 Å². The number of hydrogen-bond donors (Lipinski definition) is 2. The number of carbonyl (C=O) groups is 2. The molecule has 3 rings (SSSR count). The monoisotopic (exact) mass is 634 g/mol. The first kappa shape index (κ1) is 32.4. The molecule has 0 fully saturated rings. The van der Waals surface area contributed by atoms with Crippen molar-refractivity contribution in [2.75, 3.05) is 10.6 Å². The predicted octanol–water partition coefficient (Wildman–Crippen LogP) is 8.32. The Morgan fingerprint density at radius 3 is 1.98 bits per heavy atom. The summed E-state index contributed by atoms with van der Waals surface area (Å²) in [5, 5.41) is 2.53. The summed E-state index contributed by atoms with van der Waals surface area (Å²) in [6.45, 7) is -2.54. The van der Waals surface area contributed by atoms with Gasteiger partial charge < -0.3 is 15.4 Å². The summed E-state index contributed by atoms with van der Waals surface area (Å²) in [6.07, 6.45) is -13.3. The highest BCUT2D eigenvalue weighted by Gasteiger charge is 2.73. The molecule has 0 heterocycles. The van der Waals surface area contributed by atoms with Crippen molar-refractivity contribution in [1.82, 2.24) is 0 Å². The molecule has 0 atom stereocenters. The maximum atomic E-state index is 15.1. The van der Waals surface area contributed by atoms with Crippen molar-refractivity contribution in [3.63, 3.8) is 0 Å². The zero-order valence-corrected chi connectivity index (χ0v) is 21.2. The van der Waals surface area contributed by atoms with Gasteiger partial charge in [0.05, 0.1) is 16.3 Å². The second-order valence-corrected chi connectivity index (χ2v) is 8.81. The molecule has 0 saturated carbocycles. The molecule has 2 N–H and O–H groups in total. The van der Waals surface area contributed by atoms with Gasteiger partial charge in [0.2, 0.25) is 0 Å². The van der Waals surface area contributed by atoms with E-state index in [0.29, 0.717) is 0 Å². The first-order chi connectivity index (χ1) is 19.3. The molecule has 0 saturated heterocycles. The zero-order valence-electron chi connectivity index (χ0n) is 20.5. The second-order valence-electron chi connectivity index (χ2n) is 8.40. The Morgan fingerprint density at radius 2 is 1.43 bits per heavy atom. The zero-order chi connectivity index (χ0) is 31.8. The highest BCUT2D eigenvalue weighted by molar-refractivity contribution is 6.34. The van der Waals surface area contributed by atoms with Gasteiger partial charge in [0.15, 0.2) is 11.6 Å². The van der Waals surface area contributed by atoms with Gasteiger partial charge in [-0.05, 0) is 55.0 Å². The van der Waals surface area contributed by atoms with Gasteiger partial charge in [-0.25, -0.2) is 13.2 Å². The van der Waals surface area contributed by atoms with Gasteiger partial charge in [-0.2, -0.15) is 35.1 Å². The van der Waals surface area contributed by atoms with Gasteiger partial charge in [-0.1, -0.05) is 17.7 Å². The van der Waals surface area contributed by atoms with Gasteiger partial charge >= 0.3 is 24.6 Å². The number of amides is 2. The van der Waals surface area contributed by atoms with Crippen molar-refractivity contribution in [2.24, 2.45) is 0 Å². The van der Waals surface area contributed by atoms with E-state index in [2.05, 4.69) is 10.1 Å². The number of alkyl halides is 9. The van der Waals surface area contributed by atoms with Gasteiger partial charge in [0.1, 0.15) is 11.5 Å². The molecular weight excluding hydrogens is 621 g/mol. The minimum Gasteiger partial charge on any atom is -0.433 e. The molecule has 5 nitrogen and oxygen atoms in total. The van der Waals surface area contributed by atoms with Crippen LogP contribution in [0.4, 0.5) is 59.7 Å². The molecule has 0 spiro atoms. The van der Waals surface area contributed by atoms with E-state index in [1.807, 2.05) is 0 Å². The standard InChI is InChI=1S/C25H14ClF11N2O3/c1-10-7-12(27)5-6-13(10)20(40)38-16-4-2-3-14(18(16)28)21(41)39-19-15(26)8-11(9-17(19)42-22(29)30)23(31,24(32,33)34)25(35,36)37/h2-9,22H,1H3,(H,38,40)(H,39,41). The molecule has 226 valence electrons. The van der Waals surface area contributed by atoms with E-state index in [-0.39, 0.29) is 17.2 Å². The number of aryl methyl sites for hydroxylation is 1. The van der Waals surface area contributed by atoms with Crippen LogP contribution >= 0.6 is 11.6 Å². The Labute approximate surface area is 233 Å². The van der Waals surface area contributed by atoms with Crippen LogP contribution in [0.3, 0.4) is 0 Å². The summed E-state index contributed by atoms with van der Waals surface area (Å²) < 4.78 is 152. The average molecular weight is 635 g/mol. The lowest BCUT2D eigenvalue weighted by Crippen LogP contribution is -2.50. The topological polar surface area (TPSA) is 67.4 Å². The van der Waals surface area contributed by atoms with E-state index < -0.39 is 87.4 Å². The lowest BCUT2D eigenvalue weighted by Gasteiger charge is -2.31. The quantitative estimate of drug-likeness (QED) is 0.257. The van der Waals surface area contributed by atoms with Crippen LogP contribution in [-0.2, 0) is 5.67 Å². The fourth-order valence-corrected chi connectivity index (χ4v) is 3.89. The van der Waals surface area contributed by atoms with E-state index in [0.717, 1.165) is 36.4 Å². The predicted molar refractivity (Wildman–Crippen MR) is 126 cm³/mol. The van der Waals surface area contributed by atoms with Crippen molar-refractivity contribution < 1.29 is 62.6 Å². The van der Waals surface area contributed by atoms with E-state index in [9.17, 15) is 53.5 Å². The summed E-state index contributed by atoms with van der Waals surface area (Å²) in [7, 11) is 0. The van der Waals surface area contributed by atoms with Gasteiger partial charge in [-0.15, -0.1) is 0 Å². The molecule has 3 aromatic carbocycles. The summed E-state index contributed by atoms with van der Waals surface area (Å²) in [4.78, 5) is 25.3. The van der Waals surface area contributed by atoms with E-state index in [4.69, 9.17) is 11.6 Å². The fraction of sp³-hybridized carbons (Fsp3) is 0.200. The third-order valence-electron chi connectivity index (χ3n) is 5.61. The SMILES string of the molecule is Cc1cc(F)ccc1C(=O)Nc1cccc(C(=O)Nc2c(Cl)cc(C(F)(C(F)(F)F)C(F)(F)F)cc2OC(F)F)c1F. The number of nitrogens with one attached hydrogen (secondary N) is 2. The molecule has 0 radical (unpaired) electrons. The van der Waals surface area contributed by atoms with Gasteiger partial charge in [-0.3, -0.25) is 9.59 Å². The number of ether oxygens (including phenoxy) is 1. The Morgan fingerprint density at radius 1 is 0.833 bits per heavy atom. The number of rotatable bonds is 7. The maximum absolute atomic E-state index is 15.1. The van der Waals surface area contributed by atoms with Gasteiger partial charge in [0, 0.05) is 11.1 Å². The minimum atomic E-state index is -6.64. The van der Waals surface area contributed by atoms with Crippen LogP contribution in [0, 0.1) is 18.6 Å². The van der Waals surface area contributed by atoms with Crippen LogP contribution in [0.2, 0.25) is 5.02 Å². The van der Waals surface area contributed by atoms with Crippen molar-refractivity contribution in [1.29, 1.82) is 0 Å². The summed E-state index contributed by atoms with van der Waals surface area (Å²) in [5.41, 5.74) is -11.0. The Hall–Kier alpha value is -4.08. The van der Waals surface area contributed by atoms with Crippen LogP contribution in [0.1, 0.15) is 31.8 Å². The lowest BCUT2D eigenvalue weighted by molar-refractivity contribution is -0.348. The van der Waals surface area contributed by atoms with Crippen molar-refractivity contribution >= 4 is 34.8 Å². The molecular formula is C25H14ClF11N2O3. The molecule has 2 amide bonds. The molecule has 0 aromatic heterocycles. The molecule has 0 aliphatic heterocycles. The van der Waals surface area contributed by atoms with E-state index in [1.54, 1.807) is 5.32 Å². The van der Waals surface area contributed by atoms with Crippen molar-refractivity contribution in [2.45, 2.75) is 31.6 Å². The second kappa shape index (κ2) is 11.7. The lowest BCUT2D eigenvalue weighted by atomic mass is 9.93. The van der Waals surface area contributed by atoms with Crippen molar-refractivity contribution in [3.8, 4) is 5.75 Å². The highest BCUT2D eigenvalue weighted by Crippen LogP contribution is 2.55. The van der Waals surface area contributed by atoms with Crippen LogP contribution < -0.4 is 15.4 Å². The third kappa shape index (κ3) is 6.37. The molecule has 0 unspecified atom stereocenters. The Kier molecular flexibility index (Phi) is 9.00. The molecule has 17 heteroatoms. The maximum Gasteiger partial charge on any atom is 0.435 e. The van der Waals surface area contributed by atoms with Crippen LogP contribution in [0.5, 0.6) is 5.75 Å². The molecule has 3 aromatic rings. The summed E-state index contributed by atoms with van der Waals surface area (Å²) in [5.74, 6) is -6.19. The average Bonchev–Trinajstić information content (AvgIpc) is 2.84. The Bertz CT molecular complexity index is 1510. The number of benzene rings is 3. The number of carbonyl (C=O) groups excluding carboxylic acids is 2. The largest absolute Gasteiger partial charge is 0.435 e. The smallest absolute Gasteiger partial charge is 0.433 e. The fourth-order valence-electron chi connectivity index (χ4n) is 3.63. The third-order valence-corrected chi connectivity index (χ3v) is 5.91. The molecule has 42 heavy (non-hydrogen) atoms. The first-order valence-electron chi connectivity index (χ1n) is 11.1. The van der Waals surface area contributed by atoms with E-state index in [1.165, 1.54) is 6.92 Å². The number of anilines is 2. The normalized spacial score (nSPS) is 12.3. The summed E-state index contributed by atoms with van der Waals surface area (Å²) >= 11 is 5.67. The van der Waals surface area contributed by atoms with Crippen molar-refractivity contribution in [3.05, 3.63) is 87.4 Å².